The van der Waals surface area contributed by atoms with E-state index in [1.54, 1.807) is 24.3 Å². The number of carbonyl (C=O) groups excluding carboxylic acids is 2. The van der Waals surface area contributed by atoms with E-state index in [2.05, 4.69) is 4.90 Å². The summed E-state index contributed by atoms with van der Waals surface area (Å²) in [5.74, 6) is -0.993. The summed E-state index contributed by atoms with van der Waals surface area (Å²) in [6.07, 6.45) is 2.23. The van der Waals surface area contributed by atoms with Gasteiger partial charge in [-0.2, -0.15) is 0 Å². The summed E-state index contributed by atoms with van der Waals surface area (Å²) >= 11 is 0. The highest BCUT2D eigenvalue weighted by Gasteiger charge is 2.47. The average molecular weight is 410 g/mol. The van der Waals surface area contributed by atoms with Crippen molar-refractivity contribution in [3.05, 3.63) is 65.1 Å². The molecule has 2 aliphatic heterocycles. The summed E-state index contributed by atoms with van der Waals surface area (Å²) in [6, 6.07) is 9.92. The Morgan fingerprint density at radius 3 is 2.50 bits per heavy atom. The molecule has 1 N–H and O–H groups in total. The zero-order chi connectivity index (χ0) is 21.1. The Morgan fingerprint density at radius 2 is 1.83 bits per heavy atom. The smallest absolute Gasteiger partial charge is 0.295 e. The number of amides is 1. The normalized spacial score (nSPS) is 22.0. The fourth-order valence-electron chi connectivity index (χ4n) is 4.01. The molecule has 7 heteroatoms. The van der Waals surface area contributed by atoms with Crippen LogP contribution in [-0.2, 0) is 14.3 Å². The fraction of sp³-hybridized carbons (Fsp3) is 0.391. The summed E-state index contributed by atoms with van der Waals surface area (Å²) in [5, 5.41) is 10.9. The molecule has 158 valence electrons. The number of aliphatic hydroxyl groups excluding tert-OH is 1. The Morgan fingerprint density at radius 1 is 1.10 bits per heavy atom. The number of nitrogens with zero attached hydrogens (tertiary/aromatic N) is 2. The largest absolute Gasteiger partial charge is 0.507 e. The highest BCUT2D eigenvalue weighted by Crippen LogP contribution is 2.39. The fourth-order valence-corrected chi connectivity index (χ4v) is 4.01. The third-order valence-electron chi connectivity index (χ3n) is 5.65. The van der Waals surface area contributed by atoms with Crippen LogP contribution in [0.15, 0.2) is 52.7 Å². The van der Waals surface area contributed by atoms with E-state index in [0.717, 1.165) is 31.6 Å². The number of rotatable bonds is 6. The first-order chi connectivity index (χ1) is 14.6. The lowest BCUT2D eigenvalue weighted by atomic mass is 9.99. The molecule has 1 aromatic carbocycles. The first kappa shape index (κ1) is 20.4. The molecule has 2 saturated heterocycles. The second-order valence-corrected chi connectivity index (χ2v) is 7.68. The number of aliphatic hydroxyl groups is 1. The number of aryl methyl sites for hydroxylation is 1. The van der Waals surface area contributed by atoms with Crippen molar-refractivity contribution in [3.8, 4) is 0 Å². The average Bonchev–Trinajstić information content (AvgIpc) is 3.37. The maximum Gasteiger partial charge on any atom is 0.295 e. The van der Waals surface area contributed by atoms with Crippen molar-refractivity contribution in [1.29, 1.82) is 0 Å². The Balaban J connectivity index is 1.61. The van der Waals surface area contributed by atoms with Crippen LogP contribution in [0.25, 0.3) is 5.76 Å². The Kier molecular flexibility index (Phi) is 6.01. The quantitative estimate of drug-likeness (QED) is 0.448. The van der Waals surface area contributed by atoms with Crippen molar-refractivity contribution >= 4 is 17.4 Å². The van der Waals surface area contributed by atoms with Crippen molar-refractivity contribution in [2.45, 2.75) is 19.4 Å². The van der Waals surface area contributed by atoms with E-state index < -0.39 is 17.7 Å². The van der Waals surface area contributed by atoms with Crippen LogP contribution in [0.1, 0.15) is 29.3 Å². The minimum Gasteiger partial charge on any atom is -0.507 e. The molecule has 4 rings (SSSR count). The standard InChI is InChI=1S/C23H26N2O5/c1-16-5-7-17(8-6-16)21(26)19-20(18-4-2-13-30-18)25(23(28)22(19)27)10-3-9-24-11-14-29-15-12-24/h2,4-8,13,20,26H,3,9-12,14-15H2,1H3/t20-/m1/s1. The molecular weight excluding hydrogens is 384 g/mol. The number of furan rings is 1. The summed E-state index contributed by atoms with van der Waals surface area (Å²) in [5.41, 5.74) is 1.62. The van der Waals surface area contributed by atoms with E-state index in [4.69, 9.17) is 9.15 Å². The van der Waals surface area contributed by atoms with Crippen molar-refractivity contribution < 1.29 is 23.8 Å². The van der Waals surface area contributed by atoms with E-state index >= 15 is 0 Å². The first-order valence-corrected chi connectivity index (χ1v) is 10.2. The Labute approximate surface area is 175 Å². The highest BCUT2D eigenvalue weighted by atomic mass is 16.5. The third kappa shape index (κ3) is 4.04. The van der Waals surface area contributed by atoms with Gasteiger partial charge in [0.1, 0.15) is 17.6 Å². The molecular formula is C23H26N2O5. The number of morpholine rings is 1. The van der Waals surface area contributed by atoms with E-state index in [9.17, 15) is 14.7 Å². The molecule has 0 radical (unpaired) electrons. The molecule has 1 amide bonds. The molecule has 2 aliphatic rings. The lowest BCUT2D eigenvalue weighted by Crippen LogP contribution is -2.38. The number of likely N-dealkylation sites (tertiary alicyclic amines) is 1. The molecule has 2 fully saturated rings. The molecule has 0 saturated carbocycles. The minimum atomic E-state index is -0.731. The molecule has 7 nitrogen and oxygen atoms in total. The van der Waals surface area contributed by atoms with Gasteiger partial charge in [0.15, 0.2) is 0 Å². The van der Waals surface area contributed by atoms with Gasteiger partial charge >= 0.3 is 0 Å². The van der Waals surface area contributed by atoms with Gasteiger partial charge in [-0.3, -0.25) is 14.5 Å². The first-order valence-electron chi connectivity index (χ1n) is 10.2. The number of hydrogen-bond acceptors (Lipinski definition) is 6. The van der Waals surface area contributed by atoms with Gasteiger partial charge in [0.05, 0.1) is 25.1 Å². The Hall–Kier alpha value is -2.90. The maximum absolute atomic E-state index is 12.9. The summed E-state index contributed by atoms with van der Waals surface area (Å²) < 4.78 is 10.9. The second kappa shape index (κ2) is 8.85. The van der Waals surface area contributed by atoms with Crippen LogP contribution >= 0.6 is 0 Å². The van der Waals surface area contributed by atoms with Crippen LogP contribution in [0.4, 0.5) is 0 Å². The van der Waals surface area contributed by atoms with Gasteiger partial charge in [-0.1, -0.05) is 29.8 Å². The number of benzene rings is 1. The summed E-state index contributed by atoms with van der Waals surface area (Å²) in [7, 11) is 0. The summed E-state index contributed by atoms with van der Waals surface area (Å²) in [6.45, 7) is 6.33. The van der Waals surface area contributed by atoms with Crippen molar-refractivity contribution in [2.75, 3.05) is 39.4 Å². The van der Waals surface area contributed by atoms with Gasteiger partial charge in [-0.25, -0.2) is 0 Å². The van der Waals surface area contributed by atoms with Gasteiger partial charge in [0.2, 0.25) is 0 Å². The topological polar surface area (TPSA) is 83.2 Å². The van der Waals surface area contributed by atoms with E-state index in [1.807, 2.05) is 19.1 Å². The monoisotopic (exact) mass is 410 g/mol. The molecule has 0 aliphatic carbocycles. The lowest BCUT2D eigenvalue weighted by Gasteiger charge is -2.28. The molecule has 30 heavy (non-hydrogen) atoms. The highest BCUT2D eigenvalue weighted by molar-refractivity contribution is 6.46. The van der Waals surface area contributed by atoms with Crippen LogP contribution in [0, 0.1) is 6.92 Å². The van der Waals surface area contributed by atoms with Crippen molar-refractivity contribution in [2.24, 2.45) is 0 Å². The molecule has 1 atom stereocenters. The second-order valence-electron chi connectivity index (χ2n) is 7.68. The van der Waals surface area contributed by atoms with Gasteiger partial charge in [0, 0.05) is 31.7 Å². The predicted molar refractivity (Wildman–Crippen MR) is 111 cm³/mol. The molecule has 1 aromatic heterocycles. The van der Waals surface area contributed by atoms with E-state index in [-0.39, 0.29) is 11.3 Å². The van der Waals surface area contributed by atoms with Gasteiger partial charge in [-0.15, -0.1) is 0 Å². The minimum absolute atomic E-state index is 0.0742. The zero-order valence-corrected chi connectivity index (χ0v) is 17.0. The maximum atomic E-state index is 12.9. The molecule has 3 heterocycles. The van der Waals surface area contributed by atoms with Crippen molar-refractivity contribution in [3.63, 3.8) is 0 Å². The van der Waals surface area contributed by atoms with Crippen molar-refractivity contribution in [1.82, 2.24) is 9.80 Å². The lowest BCUT2D eigenvalue weighted by molar-refractivity contribution is -0.140. The van der Waals surface area contributed by atoms with Crippen LogP contribution < -0.4 is 0 Å². The Bertz CT molecular complexity index is 927. The number of hydrogen-bond donors (Lipinski definition) is 1. The van der Waals surface area contributed by atoms with E-state index in [0.29, 0.717) is 31.1 Å². The number of ether oxygens (including phenoxy) is 1. The molecule has 2 aromatic rings. The number of ketones is 1. The van der Waals surface area contributed by atoms with Gasteiger partial charge in [0.25, 0.3) is 11.7 Å². The van der Waals surface area contributed by atoms with E-state index in [1.165, 1.54) is 11.2 Å². The molecule has 0 unspecified atom stereocenters. The van der Waals surface area contributed by atoms with Gasteiger partial charge in [-0.05, 0) is 25.5 Å². The SMILES string of the molecule is Cc1ccc(C(O)=C2C(=O)C(=O)N(CCCN3CCOCC3)[C@@H]2c2ccco2)cc1. The van der Waals surface area contributed by atoms with Crippen LogP contribution in [0.3, 0.4) is 0 Å². The third-order valence-corrected chi connectivity index (χ3v) is 5.65. The predicted octanol–water partition coefficient (Wildman–Crippen LogP) is 2.73. The van der Waals surface area contributed by atoms with Crippen LogP contribution in [-0.4, -0.2) is 66.0 Å². The molecule has 0 bridgehead atoms. The van der Waals surface area contributed by atoms with Gasteiger partial charge < -0.3 is 19.2 Å². The summed E-state index contributed by atoms with van der Waals surface area (Å²) in [4.78, 5) is 29.5. The number of Topliss-reactive ketones (excluding diaryl/α,β-unsaturated/α-hetero) is 1. The molecule has 0 spiro atoms. The van der Waals surface area contributed by atoms with Crippen LogP contribution in [0.2, 0.25) is 0 Å². The zero-order valence-electron chi connectivity index (χ0n) is 17.0. The van der Waals surface area contributed by atoms with Crippen LogP contribution in [0.5, 0.6) is 0 Å². The number of carbonyl (C=O) groups is 2.